The maximum atomic E-state index is 11.0. The van der Waals surface area contributed by atoms with Crippen molar-refractivity contribution in [1.29, 1.82) is 0 Å². The van der Waals surface area contributed by atoms with Gasteiger partial charge >= 0.3 is 5.97 Å². The molecule has 2 rings (SSSR count). The second-order valence-electron chi connectivity index (χ2n) is 3.55. The highest BCUT2D eigenvalue weighted by Gasteiger charge is 2.17. The Morgan fingerprint density at radius 3 is 2.93 bits per heavy atom. The Bertz CT molecular complexity index is 401. The number of carboxylic acids is 1. The van der Waals surface area contributed by atoms with Gasteiger partial charge in [-0.15, -0.1) is 0 Å². The van der Waals surface area contributed by atoms with E-state index in [1.807, 2.05) is 6.07 Å². The summed E-state index contributed by atoms with van der Waals surface area (Å²) in [5.74, 6) is -0.502. The highest BCUT2D eigenvalue weighted by Crippen LogP contribution is 2.25. The van der Waals surface area contributed by atoms with Gasteiger partial charge in [-0.1, -0.05) is 0 Å². The topological polar surface area (TPSA) is 58.6 Å². The van der Waals surface area contributed by atoms with Crippen LogP contribution in [-0.4, -0.2) is 24.7 Å². The zero-order valence-corrected chi connectivity index (χ0v) is 8.54. The van der Waals surface area contributed by atoms with Gasteiger partial charge in [-0.25, -0.2) is 4.79 Å². The summed E-state index contributed by atoms with van der Waals surface area (Å²) in [4.78, 5) is 11.0. The first-order valence-corrected chi connectivity index (χ1v) is 4.86. The smallest absolute Gasteiger partial charge is 0.339 e. The zero-order chi connectivity index (χ0) is 10.8. The first kappa shape index (κ1) is 9.98. The van der Waals surface area contributed by atoms with Crippen LogP contribution < -0.4 is 10.1 Å². The van der Waals surface area contributed by atoms with E-state index in [0.717, 1.165) is 30.6 Å². The molecule has 1 aliphatic heterocycles. The molecule has 1 aromatic rings. The van der Waals surface area contributed by atoms with Crippen molar-refractivity contribution in [2.24, 2.45) is 0 Å². The van der Waals surface area contributed by atoms with Crippen LogP contribution in [0.5, 0.6) is 5.75 Å². The minimum Gasteiger partial charge on any atom is -0.496 e. The number of hydrogen-bond acceptors (Lipinski definition) is 3. The summed E-state index contributed by atoms with van der Waals surface area (Å²) in [5, 5.41) is 12.2. The number of benzene rings is 1. The number of methoxy groups -OCH3 is 1. The first-order valence-electron chi connectivity index (χ1n) is 4.86. The number of nitrogens with one attached hydrogen (secondary N) is 1. The molecule has 4 nitrogen and oxygen atoms in total. The van der Waals surface area contributed by atoms with Crippen LogP contribution in [0.2, 0.25) is 0 Å². The standard InChI is InChI=1S/C11H13NO3/c1-15-10-5-8-6-12-3-2-7(8)4-9(10)11(13)14/h4-5,12H,2-3,6H2,1H3,(H,13,14). The maximum Gasteiger partial charge on any atom is 0.339 e. The van der Waals surface area contributed by atoms with E-state index < -0.39 is 5.97 Å². The predicted octanol–water partition coefficient (Wildman–Crippen LogP) is 1.04. The third kappa shape index (κ3) is 1.80. The van der Waals surface area contributed by atoms with E-state index in [2.05, 4.69) is 5.32 Å². The van der Waals surface area contributed by atoms with Gasteiger partial charge in [-0.05, 0) is 36.2 Å². The quantitative estimate of drug-likeness (QED) is 0.760. The second-order valence-corrected chi connectivity index (χ2v) is 3.55. The van der Waals surface area contributed by atoms with Crippen LogP contribution in [0.4, 0.5) is 0 Å². The van der Waals surface area contributed by atoms with Crippen LogP contribution in [0.3, 0.4) is 0 Å². The third-order valence-corrected chi connectivity index (χ3v) is 2.64. The van der Waals surface area contributed by atoms with E-state index in [1.165, 1.54) is 7.11 Å². The normalized spacial score (nSPS) is 14.5. The highest BCUT2D eigenvalue weighted by molar-refractivity contribution is 5.91. The molecule has 0 unspecified atom stereocenters. The van der Waals surface area contributed by atoms with Crippen LogP contribution in [0.15, 0.2) is 12.1 Å². The molecule has 1 aromatic carbocycles. The van der Waals surface area contributed by atoms with Gasteiger partial charge in [0.05, 0.1) is 7.11 Å². The van der Waals surface area contributed by atoms with E-state index >= 15 is 0 Å². The molecule has 1 aliphatic rings. The molecule has 0 aliphatic carbocycles. The number of rotatable bonds is 2. The summed E-state index contributed by atoms with van der Waals surface area (Å²) in [6.07, 6.45) is 0.875. The summed E-state index contributed by atoms with van der Waals surface area (Å²) >= 11 is 0. The molecular formula is C11H13NO3. The van der Waals surface area contributed by atoms with E-state index in [1.54, 1.807) is 6.07 Å². The molecule has 0 saturated heterocycles. The summed E-state index contributed by atoms with van der Waals surface area (Å²) < 4.78 is 5.06. The minimum atomic E-state index is -0.937. The fraction of sp³-hybridized carbons (Fsp3) is 0.364. The van der Waals surface area contributed by atoms with Crippen molar-refractivity contribution in [3.05, 3.63) is 28.8 Å². The van der Waals surface area contributed by atoms with Gasteiger partial charge in [0, 0.05) is 6.54 Å². The average molecular weight is 207 g/mol. The fourth-order valence-electron chi connectivity index (χ4n) is 1.85. The lowest BCUT2D eigenvalue weighted by Crippen LogP contribution is -2.24. The van der Waals surface area contributed by atoms with Gasteiger partial charge in [0.25, 0.3) is 0 Å². The molecular weight excluding hydrogens is 194 g/mol. The predicted molar refractivity (Wildman–Crippen MR) is 55.4 cm³/mol. The molecule has 2 N–H and O–H groups in total. The Labute approximate surface area is 87.9 Å². The first-order chi connectivity index (χ1) is 7.22. The second kappa shape index (κ2) is 3.90. The molecule has 4 heteroatoms. The zero-order valence-electron chi connectivity index (χ0n) is 8.54. The van der Waals surface area contributed by atoms with Crippen molar-refractivity contribution in [3.63, 3.8) is 0 Å². The summed E-state index contributed by atoms with van der Waals surface area (Å²) in [7, 11) is 1.49. The number of fused-ring (bicyclic) bond motifs is 1. The molecule has 0 fully saturated rings. The molecule has 1 heterocycles. The molecule has 0 saturated carbocycles. The van der Waals surface area contributed by atoms with Crippen molar-refractivity contribution >= 4 is 5.97 Å². The van der Waals surface area contributed by atoms with Crippen LogP contribution in [0.25, 0.3) is 0 Å². The van der Waals surface area contributed by atoms with E-state index in [0.29, 0.717) is 5.75 Å². The van der Waals surface area contributed by atoms with Crippen LogP contribution in [-0.2, 0) is 13.0 Å². The third-order valence-electron chi connectivity index (χ3n) is 2.64. The van der Waals surface area contributed by atoms with Crippen LogP contribution in [0, 0.1) is 0 Å². The Kier molecular flexibility index (Phi) is 2.60. The maximum absolute atomic E-state index is 11.0. The summed E-state index contributed by atoms with van der Waals surface area (Å²) in [5.41, 5.74) is 2.48. The van der Waals surface area contributed by atoms with Crippen molar-refractivity contribution < 1.29 is 14.6 Å². The van der Waals surface area contributed by atoms with Gasteiger partial charge in [-0.3, -0.25) is 0 Å². The molecule has 0 atom stereocenters. The Hall–Kier alpha value is -1.55. The molecule has 0 aromatic heterocycles. The van der Waals surface area contributed by atoms with Gasteiger partial charge < -0.3 is 15.2 Å². The van der Waals surface area contributed by atoms with Gasteiger partial charge in [0.2, 0.25) is 0 Å². The molecule has 0 bridgehead atoms. The number of carbonyl (C=O) groups is 1. The molecule has 15 heavy (non-hydrogen) atoms. The van der Waals surface area contributed by atoms with Gasteiger partial charge in [0.15, 0.2) is 0 Å². The Balaban J connectivity index is 2.51. The number of ether oxygens (including phenoxy) is 1. The summed E-state index contributed by atoms with van der Waals surface area (Å²) in [6, 6.07) is 3.53. The van der Waals surface area contributed by atoms with Crippen LogP contribution in [0.1, 0.15) is 21.5 Å². The monoisotopic (exact) mass is 207 g/mol. The van der Waals surface area contributed by atoms with E-state index in [4.69, 9.17) is 9.84 Å². The Morgan fingerprint density at radius 2 is 2.27 bits per heavy atom. The number of carboxylic acid groups (broad SMARTS) is 1. The largest absolute Gasteiger partial charge is 0.496 e. The van der Waals surface area contributed by atoms with Crippen molar-refractivity contribution in [2.75, 3.05) is 13.7 Å². The van der Waals surface area contributed by atoms with Crippen molar-refractivity contribution in [1.82, 2.24) is 5.32 Å². The number of hydrogen-bond donors (Lipinski definition) is 2. The lowest BCUT2D eigenvalue weighted by molar-refractivity contribution is 0.0693. The van der Waals surface area contributed by atoms with E-state index in [-0.39, 0.29) is 5.56 Å². The lowest BCUT2D eigenvalue weighted by atomic mass is 9.97. The summed E-state index contributed by atoms with van der Waals surface area (Å²) in [6.45, 7) is 1.68. The van der Waals surface area contributed by atoms with Gasteiger partial charge in [-0.2, -0.15) is 0 Å². The van der Waals surface area contributed by atoms with Gasteiger partial charge in [0.1, 0.15) is 11.3 Å². The van der Waals surface area contributed by atoms with Crippen molar-refractivity contribution in [3.8, 4) is 5.75 Å². The SMILES string of the molecule is COc1cc2c(cc1C(=O)O)CCNC2. The number of aromatic carboxylic acids is 1. The molecule has 0 amide bonds. The molecule has 80 valence electrons. The van der Waals surface area contributed by atoms with E-state index in [9.17, 15) is 4.79 Å². The molecule has 0 radical (unpaired) electrons. The van der Waals surface area contributed by atoms with Crippen molar-refractivity contribution in [2.45, 2.75) is 13.0 Å². The fourth-order valence-corrected chi connectivity index (χ4v) is 1.85. The Morgan fingerprint density at radius 1 is 1.47 bits per heavy atom. The molecule has 0 spiro atoms. The van der Waals surface area contributed by atoms with Crippen LogP contribution >= 0.6 is 0 Å². The average Bonchev–Trinajstić information content (AvgIpc) is 2.27. The highest BCUT2D eigenvalue weighted by atomic mass is 16.5. The minimum absolute atomic E-state index is 0.248. The lowest BCUT2D eigenvalue weighted by Gasteiger charge is -2.18.